The molecule has 0 saturated carbocycles. The maximum absolute atomic E-state index is 13.6. The van der Waals surface area contributed by atoms with Crippen molar-refractivity contribution in [3.8, 4) is 5.75 Å². The molecule has 36 heavy (non-hydrogen) atoms. The highest BCUT2D eigenvalue weighted by Crippen LogP contribution is 2.29. The van der Waals surface area contributed by atoms with Crippen molar-refractivity contribution in [2.45, 2.75) is 22.1 Å². The van der Waals surface area contributed by atoms with Gasteiger partial charge in [-0.15, -0.1) is 11.8 Å². The average Bonchev–Trinajstić information content (AvgIpc) is 3.43. The maximum atomic E-state index is 13.6. The standard InChI is InChI=1S/C28H25NO5S2/c1-34-22-14-10-20(11-15-22)25(28(31)21-12-16-23(35-2)17-13-21)19-27(30)26-9-6-18-29(26)36(32,33)24-7-4-3-5-8-24/h3-18,25H,19H2,1-2H3. The Labute approximate surface area is 215 Å². The number of ketones is 2. The molecule has 0 amide bonds. The normalized spacial score (nSPS) is 12.2. The molecule has 6 nitrogen and oxygen atoms in total. The van der Waals surface area contributed by atoms with E-state index < -0.39 is 21.7 Å². The van der Waals surface area contributed by atoms with Gasteiger partial charge in [-0.2, -0.15) is 0 Å². The third-order valence-electron chi connectivity index (χ3n) is 5.90. The van der Waals surface area contributed by atoms with Crippen LogP contribution in [0.5, 0.6) is 5.75 Å². The maximum Gasteiger partial charge on any atom is 0.268 e. The molecule has 0 aliphatic rings. The van der Waals surface area contributed by atoms with Gasteiger partial charge < -0.3 is 4.74 Å². The number of rotatable bonds is 10. The van der Waals surface area contributed by atoms with Gasteiger partial charge in [-0.1, -0.05) is 42.5 Å². The lowest BCUT2D eigenvalue weighted by Crippen LogP contribution is -2.22. The van der Waals surface area contributed by atoms with Crippen molar-refractivity contribution < 1.29 is 22.7 Å². The molecular formula is C28H25NO5S2. The van der Waals surface area contributed by atoms with Crippen LogP contribution in [0, 0.1) is 0 Å². The number of thioether (sulfide) groups is 1. The summed E-state index contributed by atoms with van der Waals surface area (Å²) in [6.07, 6.45) is 3.11. The molecule has 0 spiro atoms. The van der Waals surface area contributed by atoms with E-state index in [1.54, 1.807) is 73.5 Å². The van der Waals surface area contributed by atoms with E-state index in [9.17, 15) is 18.0 Å². The minimum absolute atomic E-state index is 0.00268. The van der Waals surface area contributed by atoms with Crippen molar-refractivity contribution in [2.24, 2.45) is 0 Å². The van der Waals surface area contributed by atoms with Gasteiger partial charge in [0, 0.05) is 23.1 Å². The summed E-state index contributed by atoms with van der Waals surface area (Å²) in [5, 5.41) is 0. The quantitative estimate of drug-likeness (QED) is 0.198. The van der Waals surface area contributed by atoms with Crippen molar-refractivity contribution in [3.05, 3.63) is 114 Å². The summed E-state index contributed by atoms with van der Waals surface area (Å²) in [5.41, 5.74) is 1.13. The van der Waals surface area contributed by atoms with E-state index in [0.717, 1.165) is 8.87 Å². The van der Waals surface area contributed by atoms with Crippen LogP contribution >= 0.6 is 11.8 Å². The van der Waals surface area contributed by atoms with Crippen molar-refractivity contribution in [3.63, 3.8) is 0 Å². The van der Waals surface area contributed by atoms with Crippen LogP contribution in [0.1, 0.15) is 38.7 Å². The Morgan fingerprint density at radius 1 is 0.889 bits per heavy atom. The molecule has 0 bridgehead atoms. The Bertz CT molecular complexity index is 1460. The van der Waals surface area contributed by atoms with Gasteiger partial charge in [-0.05, 0) is 60.4 Å². The fourth-order valence-corrected chi connectivity index (χ4v) is 5.73. The van der Waals surface area contributed by atoms with Crippen LogP contribution in [0.2, 0.25) is 0 Å². The molecule has 0 N–H and O–H groups in total. The van der Waals surface area contributed by atoms with Crippen LogP contribution in [-0.4, -0.2) is 37.3 Å². The lowest BCUT2D eigenvalue weighted by atomic mass is 9.86. The van der Waals surface area contributed by atoms with Gasteiger partial charge in [0.2, 0.25) is 0 Å². The summed E-state index contributed by atoms with van der Waals surface area (Å²) in [7, 11) is -2.42. The number of methoxy groups -OCH3 is 1. The molecule has 3 aromatic carbocycles. The van der Waals surface area contributed by atoms with Gasteiger partial charge >= 0.3 is 0 Å². The van der Waals surface area contributed by atoms with E-state index in [-0.39, 0.29) is 22.8 Å². The van der Waals surface area contributed by atoms with Gasteiger partial charge in [0.25, 0.3) is 10.0 Å². The zero-order valence-electron chi connectivity index (χ0n) is 19.8. The van der Waals surface area contributed by atoms with Crippen LogP contribution in [-0.2, 0) is 10.0 Å². The van der Waals surface area contributed by atoms with Crippen LogP contribution in [0.4, 0.5) is 0 Å². The predicted molar refractivity (Wildman–Crippen MR) is 141 cm³/mol. The highest BCUT2D eigenvalue weighted by molar-refractivity contribution is 7.98. The van der Waals surface area contributed by atoms with E-state index in [4.69, 9.17) is 4.74 Å². The lowest BCUT2D eigenvalue weighted by Gasteiger charge is -2.17. The fraction of sp³-hybridized carbons (Fsp3) is 0.143. The summed E-state index contributed by atoms with van der Waals surface area (Å²) in [4.78, 5) is 28.2. The van der Waals surface area contributed by atoms with E-state index in [1.165, 1.54) is 30.5 Å². The van der Waals surface area contributed by atoms with Crippen molar-refractivity contribution in [1.82, 2.24) is 3.97 Å². The fourth-order valence-electron chi connectivity index (χ4n) is 3.94. The van der Waals surface area contributed by atoms with E-state index in [0.29, 0.717) is 16.9 Å². The number of carbonyl (C=O) groups excluding carboxylic acids is 2. The molecule has 0 radical (unpaired) electrons. The van der Waals surface area contributed by atoms with Crippen molar-refractivity contribution in [2.75, 3.05) is 13.4 Å². The molecule has 0 aliphatic heterocycles. The van der Waals surface area contributed by atoms with Gasteiger partial charge in [0.05, 0.1) is 23.6 Å². The second-order valence-electron chi connectivity index (χ2n) is 8.05. The van der Waals surface area contributed by atoms with Gasteiger partial charge in [0.15, 0.2) is 11.6 Å². The number of hydrogen-bond donors (Lipinski definition) is 0. The largest absolute Gasteiger partial charge is 0.497 e. The molecular weight excluding hydrogens is 494 g/mol. The summed E-state index contributed by atoms with van der Waals surface area (Å²) in [6, 6.07) is 25.1. The van der Waals surface area contributed by atoms with Crippen LogP contribution in [0.15, 0.2) is 107 Å². The first-order chi connectivity index (χ1) is 17.3. The van der Waals surface area contributed by atoms with Crippen molar-refractivity contribution in [1.29, 1.82) is 0 Å². The number of aromatic nitrogens is 1. The van der Waals surface area contributed by atoms with Crippen LogP contribution < -0.4 is 4.74 Å². The lowest BCUT2D eigenvalue weighted by molar-refractivity contribution is 0.0890. The third-order valence-corrected chi connectivity index (χ3v) is 8.35. The molecule has 1 aromatic heterocycles. The predicted octanol–water partition coefficient (Wildman–Crippen LogP) is 5.70. The Morgan fingerprint density at radius 3 is 2.17 bits per heavy atom. The molecule has 1 atom stereocenters. The molecule has 4 rings (SSSR count). The van der Waals surface area contributed by atoms with Crippen LogP contribution in [0.25, 0.3) is 0 Å². The zero-order chi connectivity index (χ0) is 25.7. The summed E-state index contributed by atoms with van der Waals surface area (Å²) < 4.78 is 32.6. The summed E-state index contributed by atoms with van der Waals surface area (Å²) in [6.45, 7) is 0. The highest BCUT2D eigenvalue weighted by atomic mass is 32.2. The molecule has 184 valence electrons. The Morgan fingerprint density at radius 2 is 1.56 bits per heavy atom. The Hall–Kier alpha value is -3.62. The van der Waals surface area contributed by atoms with Crippen LogP contribution in [0.3, 0.4) is 0 Å². The average molecular weight is 520 g/mol. The molecule has 0 fully saturated rings. The number of ether oxygens (including phenoxy) is 1. The van der Waals surface area contributed by atoms with E-state index in [2.05, 4.69) is 0 Å². The monoisotopic (exact) mass is 519 g/mol. The number of Topliss-reactive ketones (excluding diaryl/α,β-unsaturated/α-hetero) is 2. The number of nitrogens with zero attached hydrogens (tertiary/aromatic N) is 1. The summed E-state index contributed by atoms with van der Waals surface area (Å²) in [5.74, 6) is -0.839. The molecule has 0 saturated heterocycles. The second-order valence-corrected chi connectivity index (χ2v) is 10.7. The first-order valence-corrected chi connectivity index (χ1v) is 13.8. The van der Waals surface area contributed by atoms with Crippen molar-refractivity contribution >= 4 is 33.4 Å². The Kier molecular flexibility index (Phi) is 7.76. The smallest absolute Gasteiger partial charge is 0.268 e. The van der Waals surface area contributed by atoms with Gasteiger partial charge in [0.1, 0.15) is 5.75 Å². The topological polar surface area (TPSA) is 82.4 Å². The number of hydrogen-bond acceptors (Lipinski definition) is 6. The number of carbonyl (C=O) groups is 2. The number of benzene rings is 3. The highest BCUT2D eigenvalue weighted by Gasteiger charge is 2.29. The first-order valence-electron chi connectivity index (χ1n) is 11.2. The third kappa shape index (κ3) is 5.29. The molecule has 4 aromatic rings. The minimum atomic E-state index is -3.97. The Balaban J connectivity index is 1.69. The molecule has 8 heteroatoms. The molecule has 0 aliphatic carbocycles. The van der Waals surface area contributed by atoms with E-state index in [1.807, 2.05) is 18.4 Å². The first kappa shape index (κ1) is 25.5. The second kappa shape index (κ2) is 11.0. The minimum Gasteiger partial charge on any atom is -0.497 e. The summed E-state index contributed by atoms with van der Waals surface area (Å²) >= 11 is 1.57. The van der Waals surface area contributed by atoms with E-state index >= 15 is 0 Å². The van der Waals surface area contributed by atoms with Gasteiger partial charge in [-0.3, -0.25) is 9.59 Å². The SMILES string of the molecule is COc1ccc(C(CC(=O)c2cccn2S(=O)(=O)c2ccccc2)C(=O)c2ccc(SC)cc2)cc1. The van der Waals surface area contributed by atoms with Gasteiger partial charge in [-0.25, -0.2) is 12.4 Å². The molecule has 1 unspecified atom stereocenters. The zero-order valence-corrected chi connectivity index (χ0v) is 21.5. The molecule has 1 heterocycles.